The summed E-state index contributed by atoms with van der Waals surface area (Å²) in [7, 11) is 0. The fourth-order valence-corrected chi connectivity index (χ4v) is 3.03. The van der Waals surface area contributed by atoms with Crippen molar-refractivity contribution in [2.24, 2.45) is 17.1 Å². The van der Waals surface area contributed by atoms with Gasteiger partial charge in [-0.2, -0.15) is 0 Å². The molecule has 2 heteroatoms. The second-order valence-electron chi connectivity index (χ2n) is 5.56. The van der Waals surface area contributed by atoms with Crippen LogP contribution in [0.2, 0.25) is 0 Å². The summed E-state index contributed by atoms with van der Waals surface area (Å²) in [5, 5.41) is 10.6. The molecule has 0 aliphatic heterocycles. The fraction of sp³-hybridized carbons (Fsp3) is 1.00. The third-order valence-electron chi connectivity index (χ3n) is 3.90. The average molecular weight is 199 g/mol. The van der Waals surface area contributed by atoms with Crippen LogP contribution < -0.4 is 5.73 Å². The van der Waals surface area contributed by atoms with Crippen molar-refractivity contribution < 1.29 is 5.11 Å². The molecule has 3 N–H and O–H groups in total. The molecule has 84 valence electrons. The summed E-state index contributed by atoms with van der Waals surface area (Å²) in [6.45, 7) is 6.93. The second kappa shape index (κ2) is 4.19. The molecule has 0 bridgehead atoms. The Kier molecular flexibility index (Phi) is 3.59. The molecule has 0 radical (unpaired) electrons. The van der Waals surface area contributed by atoms with E-state index in [1.54, 1.807) is 0 Å². The van der Waals surface area contributed by atoms with E-state index in [1.165, 1.54) is 12.8 Å². The Labute approximate surface area is 87.9 Å². The minimum Gasteiger partial charge on any atom is -0.390 e. The third-order valence-corrected chi connectivity index (χ3v) is 3.90. The zero-order chi connectivity index (χ0) is 10.8. The summed E-state index contributed by atoms with van der Waals surface area (Å²) < 4.78 is 0. The van der Waals surface area contributed by atoms with Crippen LogP contribution in [0, 0.1) is 11.3 Å². The Morgan fingerprint density at radius 3 is 2.21 bits per heavy atom. The zero-order valence-corrected chi connectivity index (χ0v) is 9.84. The van der Waals surface area contributed by atoms with Crippen molar-refractivity contribution >= 4 is 0 Å². The van der Waals surface area contributed by atoms with E-state index in [0.29, 0.717) is 12.5 Å². The maximum atomic E-state index is 10.6. The van der Waals surface area contributed by atoms with Crippen LogP contribution in [0.3, 0.4) is 0 Å². The lowest BCUT2D eigenvalue weighted by Gasteiger charge is -2.43. The molecule has 0 aromatic carbocycles. The molecule has 2 nitrogen and oxygen atoms in total. The van der Waals surface area contributed by atoms with E-state index >= 15 is 0 Å². The Balaban J connectivity index is 2.75. The Morgan fingerprint density at radius 2 is 1.86 bits per heavy atom. The highest BCUT2D eigenvalue weighted by Gasteiger charge is 2.47. The van der Waals surface area contributed by atoms with Crippen molar-refractivity contribution in [3.63, 3.8) is 0 Å². The van der Waals surface area contributed by atoms with Crippen LogP contribution in [-0.4, -0.2) is 17.3 Å². The Hall–Kier alpha value is -0.0800. The molecule has 1 aliphatic rings. The molecular formula is C12H25NO. The standard InChI is InChI=1S/C12H25NO/c1-10(2)8-11(3,14)12(9-13)6-4-5-7-12/h10,14H,4-9,13H2,1-3H3. The molecule has 1 unspecified atom stereocenters. The van der Waals surface area contributed by atoms with Crippen molar-refractivity contribution in [3.8, 4) is 0 Å². The number of hydrogen-bond donors (Lipinski definition) is 2. The summed E-state index contributed by atoms with van der Waals surface area (Å²) in [6.07, 6.45) is 5.52. The lowest BCUT2D eigenvalue weighted by Crippen LogP contribution is -2.49. The molecule has 1 fully saturated rings. The van der Waals surface area contributed by atoms with Crippen LogP contribution in [0.15, 0.2) is 0 Å². The van der Waals surface area contributed by atoms with Crippen LogP contribution in [0.25, 0.3) is 0 Å². The summed E-state index contributed by atoms with van der Waals surface area (Å²) in [6, 6.07) is 0. The van der Waals surface area contributed by atoms with Gasteiger partial charge in [-0.1, -0.05) is 26.7 Å². The van der Waals surface area contributed by atoms with E-state index in [-0.39, 0.29) is 5.41 Å². The van der Waals surface area contributed by atoms with Crippen molar-refractivity contribution in [1.82, 2.24) is 0 Å². The average Bonchev–Trinajstić information content (AvgIpc) is 2.50. The predicted octanol–water partition coefficient (Wildman–Crippen LogP) is 2.30. The van der Waals surface area contributed by atoms with Crippen LogP contribution >= 0.6 is 0 Å². The van der Waals surface area contributed by atoms with Gasteiger partial charge in [-0.3, -0.25) is 0 Å². The Morgan fingerprint density at radius 1 is 1.36 bits per heavy atom. The molecule has 1 atom stereocenters. The first kappa shape index (κ1) is 12.0. The minimum atomic E-state index is -0.577. The quantitative estimate of drug-likeness (QED) is 0.730. The van der Waals surface area contributed by atoms with Gasteiger partial charge in [-0.05, 0) is 32.1 Å². The molecule has 0 spiro atoms. The molecule has 1 rings (SSSR count). The van der Waals surface area contributed by atoms with Crippen molar-refractivity contribution in [2.45, 2.75) is 58.5 Å². The zero-order valence-electron chi connectivity index (χ0n) is 9.84. The first-order chi connectivity index (χ1) is 6.43. The normalized spacial score (nSPS) is 25.3. The molecule has 0 saturated heterocycles. The van der Waals surface area contributed by atoms with Gasteiger partial charge in [-0.25, -0.2) is 0 Å². The van der Waals surface area contributed by atoms with E-state index in [9.17, 15) is 5.11 Å². The smallest absolute Gasteiger partial charge is 0.0690 e. The topological polar surface area (TPSA) is 46.2 Å². The summed E-state index contributed by atoms with van der Waals surface area (Å²) in [5.41, 5.74) is 5.29. The summed E-state index contributed by atoms with van der Waals surface area (Å²) in [5.74, 6) is 0.536. The van der Waals surface area contributed by atoms with Gasteiger partial charge in [0.25, 0.3) is 0 Å². The van der Waals surface area contributed by atoms with E-state index in [2.05, 4.69) is 13.8 Å². The van der Waals surface area contributed by atoms with Crippen LogP contribution in [0.5, 0.6) is 0 Å². The molecular weight excluding hydrogens is 174 g/mol. The van der Waals surface area contributed by atoms with Gasteiger partial charge in [-0.15, -0.1) is 0 Å². The van der Waals surface area contributed by atoms with E-state index in [4.69, 9.17) is 5.73 Å². The molecule has 1 saturated carbocycles. The maximum Gasteiger partial charge on any atom is 0.0690 e. The predicted molar refractivity (Wildman–Crippen MR) is 60.0 cm³/mol. The Bertz CT molecular complexity index is 181. The monoisotopic (exact) mass is 199 g/mol. The highest BCUT2D eigenvalue weighted by atomic mass is 16.3. The first-order valence-corrected chi connectivity index (χ1v) is 5.86. The van der Waals surface area contributed by atoms with Crippen LogP contribution in [-0.2, 0) is 0 Å². The molecule has 14 heavy (non-hydrogen) atoms. The van der Waals surface area contributed by atoms with Crippen LogP contribution in [0.4, 0.5) is 0 Å². The van der Waals surface area contributed by atoms with Gasteiger partial charge in [0.15, 0.2) is 0 Å². The summed E-state index contributed by atoms with van der Waals surface area (Å²) in [4.78, 5) is 0. The van der Waals surface area contributed by atoms with Gasteiger partial charge in [0.05, 0.1) is 5.60 Å². The third kappa shape index (κ3) is 2.12. The molecule has 0 aromatic heterocycles. The van der Waals surface area contributed by atoms with Gasteiger partial charge >= 0.3 is 0 Å². The molecule has 1 aliphatic carbocycles. The number of aliphatic hydroxyl groups is 1. The maximum absolute atomic E-state index is 10.6. The van der Waals surface area contributed by atoms with E-state index in [1.807, 2.05) is 6.92 Å². The first-order valence-electron chi connectivity index (χ1n) is 5.86. The van der Waals surface area contributed by atoms with Crippen LogP contribution in [0.1, 0.15) is 52.9 Å². The number of hydrogen-bond acceptors (Lipinski definition) is 2. The van der Waals surface area contributed by atoms with Gasteiger partial charge in [0.1, 0.15) is 0 Å². The van der Waals surface area contributed by atoms with Gasteiger partial charge in [0, 0.05) is 12.0 Å². The van der Waals surface area contributed by atoms with Crippen molar-refractivity contribution in [1.29, 1.82) is 0 Å². The molecule has 0 amide bonds. The van der Waals surface area contributed by atoms with E-state index < -0.39 is 5.60 Å². The number of nitrogens with two attached hydrogens (primary N) is 1. The lowest BCUT2D eigenvalue weighted by molar-refractivity contribution is -0.0771. The highest BCUT2D eigenvalue weighted by molar-refractivity contribution is 4.99. The number of rotatable bonds is 4. The van der Waals surface area contributed by atoms with Crippen molar-refractivity contribution in [2.75, 3.05) is 6.54 Å². The minimum absolute atomic E-state index is 0.00271. The van der Waals surface area contributed by atoms with Crippen molar-refractivity contribution in [3.05, 3.63) is 0 Å². The fourth-order valence-electron chi connectivity index (χ4n) is 3.03. The SMILES string of the molecule is CC(C)CC(C)(O)C1(CN)CCCC1. The van der Waals surface area contributed by atoms with Gasteiger partial charge in [0.2, 0.25) is 0 Å². The highest BCUT2D eigenvalue weighted by Crippen LogP contribution is 2.48. The summed E-state index contributed by atoms with van der Waals surface area (Å²) >= 11 is 0. The molecule has 0 heterocycles. The molecule has 0 aromatic rings. The van der Waals surface area contributed by atoms with E-state index in [0.717, 1.165) is 19.3 Å². The van der Waals surface area contributed by atoms with Gasteiger partial charge < -0.3 is 10.8 Å². The second-order valence-corrected chi connectivity index (χ2v) is 5.56. The lowest BCUT2D eigenvalue weighted by atomic mass is 9.68. The largest absolute Gasteiger partial charge is 0.390 e.